The Bertz CT molecular complexity index is 601. The van der Waals surface area contributed by atoms with Crippen molar-refractivity contribution in [2.75, 3.05) is 0 Å². The first-order valence-electron chi connectivity index (χ1n) is 6.81. The van der Waals surface area contributed by atoms with Crippen LogP contribution in [0.15, 0.2) is 29.1 Å². The van der Waals surface area contributed by atoms with Crippen molar-refractivity contribution in [2.45, 2.75) is 40.5 Å². The average molecular weight is 280 g/mol. The normalized spacial score (nSPS) is 12.2. The molecule has 0 fully saturated rings. The first-order chi connectivity index (χ1) is 8.99. The summed E-state index contributed by atoms with van der Waals surface area (Å²) in [5.74, 6) is 0.813. The molecule has 1 unspecified atom stereocenters. The fraction of sp³-hybridized carbons (Fsp3) is 0.438. The van der Waals surface area contributed by atoms with Gasteiger partial charge in [0.25, 0.3) is 0 Å². The van der Waals surface area contributed by atoms with Gasteiger partial charge in [-0.25, -0.2) is 0 Å². The number of benzene rings is 1. The van der Waals surface area contributed by atoms with Gasteiger partial charge in [-0.15, -0.1) is 0 Å². The molecule has 2 aromatic rings. The van der Waals surface area contributed by atoms with Crippen LogP contribution in [0.5, 0.6) is 0 Å². The van der Waals surface area contributed by atoms with Crippen molar-refractivity contribution in [1.82, 2.24) is 4.98 Å². The molecule has 1 heterocycles. The Morgan fingerprint density at radius 3 is 2.32 bits per heavy atom. The van der Waals surface area contributed by atoms with Gasteiger partial charge >= 0.3 is 0 Å². The van der Waals surface area contributed by atoms with Gasteiger partial charge in [-0.1, -0.05) is 46.2 Å². The maximum Gasteiger partial charge on any atom is 0.189 e. The molecule has 104 valence electrons. The smallest absolute Gasteiger partial charge is 0.189 e. The van der Waals surface area contributed by atoms with Gasteiger partial charge in [0, 0.05) is 22.2 Å². The Labute approximate surface area is 119 Å². The Morgan fingerprint density at radius 2 is 1.74 bits per heavy atom. The highest BCUT2D eigenvalue weighted by Crippen LogP contribution is 2.23. The lowest BCUT2D eigenvalue weighted by molar-refractivity contribution is 0.525. The fourth-order valence-electron chi connectivity index (χ4n) is 1.85. The number of aromatic amines is 1. The van der Waals surface area contributed by atoms with Crippen LogP contribution in [-0.4, -0.2) is 4.98 Å². The molecule has 1 aromatic heterocycles. The highest BCUT2D eigenvalue weighted by atomic mass is 35.5. The standard InChI is InChI=1S/C14H16ClNO.C2H6/c1-8(2)9(3)12-7-14(17)11-5-4-10(15)6-13(11)16-12;1-2/h4-9H,1-3H3,(H,16,17);1-2H3. The van der Waals surface area contributed by atoms with E-state index in [4.69, 9.17) is 11.6 Å². The third kappa shape index (κ3) is 3.60. The summed E-state index contributed by atoms with van der Waals surface area (Å²) >= 11 is 5.94. The number of halogens is 1. The highest BCUT2D eigenvalue weighted by Gasteiger charge is 2.12. The number of aromatic nitrogens is 1. The molecule has 1 atom stereocenters. The van der Waals surface area contributed by atoms with Crippen LogP contribution in [0.4, 0.5) is 0 Å². The van der Waals surface area contributed by atoms with E-state index in [0.29, 0.717) is 22.2 Å². The lowest BCUT2D eigenvalue weighted by Crippen LogP contribution is -2.10. The molecule has 0 saturated carbocycles. The van der Waals surface area contributed by atoms with Gasteiger partial charge < -0.3 is 4.98 Å². The van der Waals surface area contributed by atoms with Gasteiger partial charge in [0.2, 0.25) is 0 Å². The summed E-state index contributed by atoms with van der Waals surface area (Å²) < 4.78 is 0. The van der Waals surface area contributed by atoms with Crippen molar-refractivity contribution < 1.29 is 0 Å². The number of fused-ring (bicyclic) bond motifs is 1. The summed E-state index contributed by atoms with van der Waals surface area (Å²) in [5.41, 5.74) is 1.84. The van der Waals surface area contributed by atoms with Crippen LogP contribution in [0.1, 0.15) is 46.2 Å². The maximum absolute atomic E-state index is 12.0. The second-order valence-corrected chi connectivity index (χ2v) is 5.25. The van der Waals surface area contributed by atoms with Crippen molar-refractivity contribution in [2.24, 2.45) is 5.92 Å². The molecule has 0 saturated heterocycles. The Hall–Kier alpha value is -1.28. The SMILES string of the molecule is CC.CC(C)C(C)c1cc(=O)c2ccc(Cl)cc2[nH]1. The molecule has 1 N–H and O–H groups in total. The van der Waals surface area contributed by atoms with Crippen LogP contribution in [0.2, 0.25) is 5.02 Å². The molecule has 0 radical (unpaired) electrons. The van der Waals surface area contributed by atoms with Crippen LogP contribution in [0.3, 0.4) is 0 Å². The Balaban J connectivity index is 0.000000861. The van der Waals surface area contributed by atoms with Crippen molar-refractivity contribution in [3.05, 3.63) is 45.2 Å². The predicted octanol–water partition coefficient (Wildman–Crippen LogP) is 4.97. The molecule has 2 rings (SSSR count). The third-order valence-corrected chi connectivity index (χ3v) is 3.54. The van der Waals surface area contributed by atoms with E-state index in [1.807, 2.05) is 13.8 Å². The molecule has 0 spiro atoms. The van der Waals surface area contributed by atoms with E-state index in [1.165, 1.54) is 0 Å². The zero-order valence-corrected chi connectivity index (χ0v) is 13.0. The summed E-state index contributed by atoms with van der Waals surface area (Å²) in [7, 11) is 0. The summed E-state index contributed by atoms with van der Waals surface area (Å²) in [5, 5.41) is 1.33. The van der Waals surface area contributed by atoms with Crippen molar-refractivity contribution in [3.8, 4) is 0 Å². The van der Waals surface area contributed by atoms with Crippen molar-refractivity contribution in [1.29, 1.82) is 0 Å². The van der Waals surface area contributed by atoms with Gasteiger partial charge in [-0.2, -0.15) is 0 Å². The lowest BCUT2D eigenvalue weighted by Gasteiger charge is -2.16. The number of nitrogens with one attached hydrogen (secondary N) is 1. The van der Waals surface area contributed by atoms with Gasteiger partial charge in [0.15, 0.2) is 5.43 Å². The van der Waals surface area contributed by atoms with Crippen molar-refractivity contribution >= 4 is 22.5 Å². The van der Waals surface area contributed by atoms with E-state index in [2.05, 4.69) is 25.8 Å². The quantitative estimate of drug-likeness (QED) is 0.827. The minimum atomic E-state index is 0.0536. The number of pyridine rings is 1. The molecule has 0 aliphatic carbocycles. The molecule has 0 bridgehead atoms. The second-order valence-electron chi connectivity index (χ2n) is 4.81. The number of rotatable bonds is 2. The van der Waals surface area contributed by atoms with E-state index >= 15 is 0 Å². The van der Waals surface area contributed by atoms with Crippen LogP contribution in [0.25, 0.3) is 10.9 Å². The lowest BCUT2D eigenvalue weighted by atomic mass is 9.94. The van der Waals surface area contributed by atoms with Crippen LogP contribution in [0, 0.1) is 5.92 Å². The second kappa shape index (κ2) is 6.76. The molecule has 0 amide bonds. The molecule has 2 nitrogen and oxygen atoms in total. The van der Waals surface area contributed by atoms with Gasteiger partial charge in [0.05, 0.1) is 5.52 Å². The number of hydrogen-bond donors (Lipinski definition) is 1. The van der Waals surface area contributed by atoms with E-state index < -0.39 is 0 Å². The van der Waals surface area contributed by atoms with Gasteiger partial charge in [0.1, 0.15) is 0 Å². The topological polar surface area (TPSA) is 32.9 Å². The summed E-state index contributed by atoms with van der Waals surface area (Å²) in [4.78, 5) is 15.3. The largest absolute Gasteiger partial charge is 0.358 e. The van der Waals surface area contributed by atoms with E-state index in [-0.39, 0.29) is 5.43 Å². The van der Waals surface area contributed by atoms with E-state index in [0.717, 1.165) is 11.2 Å². The Morgan fingerprint density at radius 1 is 1.11 bits per heavy atom. The Kier molecular flexibility index (Phi) is 5.61. The predicted molar refractivity (Wildman–Crippen MR) is 84.2 cm³/mol. The van der Waals surface area contributed by atoms with Crippen LogP contribution < -0.4 is 5.43 Å². The van der Waals surface area contributed by atoms with Crippen LogP contribution in [-0.2, 0) is 0 Å². The average Bonchev–Trinajstić information content (AvgIpc) is 2.39. The monoisotopic (exact) mass is 279 g/mol. The number of hydrogen-bond acceptors (Lipinski definition) is 1. The van der Waals surface area contributed by atoms with Gasteiger partial charge in [-0.05, 0) is 30.0 Å². The summed E-state index contributed by atoms with van der Waals surface area (Å²) in [6.07, 6.45) is 0. The molecule has 1 aromatic carbocycles. The molecule has 0 aliphatic rings. The molecule has 19 heavy (non-hydrogen) atoms. The number of H-pyrrole nitrogens is 1. The van der Waals surface area contributed by atoms with Gasteiger partial charge in [-0.3, -0.25) is 4.79 Å². The van der Waals surface area contributed by atoms with E-state index in [9.17, 15) is 4.79 Å². The zero-order valence-electron chi connectivity index (χ0n) is 12.3. The third-order valence-electron chi connectivity index (χ3n) is 3.30. The maximum atomic E-state index is 12.0. The van der Waals surface area contributed by atoms with Crippen LogP contribution >= 0.6 is 11.6 Å². The molecule has 0 aliphatic heterocycles. The van der Waals surface area contributed by atoms with Crippen molar-refractivity contribution in [3.63, 3.8) is 0 Å². The fourth-order valence-corrected chi connectivity index (χ4v) is 2.02. The minimum Gasteiger partial charge on any atom is -0.358 e. The molecular formula is C16H22ClNO. The summed E-state index contributed by atoms with van der Waals surface area (Å²) in [6.45, 7) is 10.4. The molecule has 3 heteroatoms. The zero-order chi connectivity index (χ0) is 14.6. The highest BCUT2D eigenvalue weighted by molar-refractivity contribution is 6.31. The molecular weight excluding hydrogens is 258 g/mol. The first-order valence-corrected chi connectivity index (χ1v) is 7.19. The van der Waals surface area contributed by atoms with E-state index in [1.54, 1.807) is 24.3 Å². The first kappa shape index (κ1) is 15.8. The summed E-state index contributed by atoms with van der Waals surface area (Å²) in [6, 6.07) is 7.00. The minimum absolute atomic E-state index is 0.0536.